The molecule has 0 aliphatic carbocycles. The Bertz CT molecular complexity index is 143. The molecule has 2 heteroatoms. The highest BCUT2D eigenvalue weighted by molar-refractivity contribution is 4.81. The van der Waals surface area contributed by atoms with Crippen LogP contribution in [0.15, 0.2) is 0 Å². The van der Waals surface area contributed by atoms with E-state index in [4.69, 9.17) is 0 Å². The molecule has 0 bridgehead atoms. The summed E-state index contributed by atoms with van der Waals surface area (Å²) in [4.78, 5) is 4.93. The molecule has 0 amide bonds. The molecular weight excluding hydrogens is 160 g/mol. The highest BCUT2D eigenvalue weighted by atomic mass is 15.2. The molecule has 1 heterocycles. The second kappa shape index (κ2) is 4.97. The minimum atomic E-state index is 0.824. The van der Waals surface area contributed by atoms with Gasteiger partial charge in [0.25, 0.3) is 0 Å². The monoisotopic (exact) mass is 184 g/mol. The zero-order valence-electron chi connectivity index (χ0n) is 9.58. The molecule has 78 valence electrons. The van der Waals surface area contributed by atoms with E-state index in [0.717, 1.165) is 12.0 Å². The molecule has 0 spiro atoms. The van der Waals surface area contributed by atoms with Crippen LogP contribution in [0.1, 0.15) is 26.7 Å². The summed E-state index contributed by atoms with van der Waals surface area (Å²) in [6, 6.07) is 0.847. The van der Waals surface area contributed by atoms with Gasteiger partial charge in [0.05, 0.1) is 0 Å². The molecule has 1 atom stereocenters. The molecule has 0 saturated carbocycles. The van der Waals surface area contributed by atoms with Crippen molar-refractivity contribution < 1.29 is 0 Å². The lowest BCUT2D eigenvalue weighted by molar-refractivity contribution is 0.188. The van der Waals surface area contributed by atoms with Crippen LogP contribution in [-0.2, 0) is 0 Å². The Labute approximate surface area is 82.9 Å². The van der Waals surface area contributed by atoms with Crippen LogP contribution in [0.5, 0.6) is 0 Å². The normalized spacial score (nSPS) is 24.9. The van der Waals surface area contributed by atoms with Gasteiger partial charge in [0.1, 0.15) is 0 Å². The molecule has 1 saturated heterocycles. The van der Waals surface area contributed by atoms with E-state index in [1.165, 1.54) is 32.5 Å². The largest absolute Gasteiger partial charge is 0.308 e. The fraction of sp³-hybridized carbons (Fsp3) is 1.00. The molecule has 1 fully saturated rings. The molecule has 0 aromatic heterocycles. The van der Waals surface area contributed by atoms with Gasteiger partial charge in [0.2, 0.25) is 0 Å². The van der Waals surface area contributed by atoms with Crippen LogP contribution in [0, 0.1) is 5.92 Å². The van der Waals surface area contributed by atoms with Gasteiger partial charge in [-0.2, -0.15) is 0 Å². The minimum absolute atomic E-state index is 0.824. The molecule has 1 rings (SSSR count). The van der Waals surface area contributed by atoms with Gasteiger partial charge < -0.3 is 4.90 Å². The molecule has 0 radical (unpaired) electrons. The summed E-state index contributed by atoms with van der Waals surface area (Å²) in [6.07, 6.45) is 2.81. The van der Waals surface area contributed by atoms with E-state index >= 15 is 0 Å². The molecule has 1 aliphatic heterocycles. The van der Waals surface area contributed by atoms with Crippen molar-refractivity contribution in [2.45, 2.75) is 32.7 Å². The Morgan fingerprint density at radius 1 is 1.38 bits per heavy atom. The number of nitrogens with zero attached hydrogens (tertiary/aromatic N) is 2. The van der Waals surface area contributed by atoms with Gasteiger partial charge in [-0.05, 0) is 39.4 Å². The third kappa shape index (κ3) is 3.28. The Morgan fingerprint density at radius 2 is 2.08 bits per heavy atom. The Morgan fingerprint density at radius 3 is 2.62 bits per heavy atom. The predicted octanol–water partition coefficient (Wildman–Crippen LogP) is 1.67. The molecule has 13 heavy (non-hydrogen) atoms. The standard InChI is InChI=1S/C11H24N2/c1-10(2)11-6-5-7-13(11)9-8-12(3)4/h10-11H,5-9H2,1-4H3. The van der Waals surface area contributed by atoms with Gasteiger partial charge in [0, 0.05) is 19.1 Å². The third-order valence-electron chi connectivity index (χ3n) is 3.02. The first-order chi connectivity index (χ1) is 6.11. The van der Waals surface area contributed by atoms with E-state index in [1.54, 1.807) is 0 Å². The molecule has 1 unspecified atom stereocenters. The van der Waals surface area contributed by atoms with Gasteiger partial charge >= 0.3 is 0 Å². The summed E-state index contributed by atoms with van der Waals surface area (Å²) in [7, 11) is 4.31. The van der Waals surface area contributed by atoms with Crippen molar-refractivity contribution in [2.75, 3.05) is 33.7 Å². The van der Waals surface area contributed by atoms with Gasteiger partial charge in [0.15, 0.2) is 0 Å². The van der Waals surface area contributed by atoms with Crippen molar-refractivity contribution in [1.29, 1.82) is 0 Å². The summed E-state index contributed by atoms with van der Waals surface area (Å²) >= 11 is 0. The topological polar surface area (TPSA) is 6.48 Å². The van der Waals surface area contributed by atoms with Gasteiger partial charge in [-0.1, -0.05) is 13.8 Å². The number of rotatable bonds is 4. The maximum atomic E-state index is 2.66. The number of hydrogen-bond donors (Lipinski definition) is 0. The van der Waals surface area contributed by atoms with Crippen LogP contribution in [-0.4, -0.2) is 49.6 Å². The SMILES string of the molecule is CC(C)C1CCCN1CCN(C)C. The molecule has 0 N–H and O–H groups in total. The smallest absolute Gasteiger partial charge is 0.0119 e. The number of likely N-dealkylation sites (tertiary alicyclic amines) is 1. The van der Waals surface area contributed by atoms with Crippen molar-refractivity contribution in [2.24, 2.45) is 5.92 Å². The Balaban J connectivity index is 2.31. The van der Waals surface area contributed by atoms with Crippen molar-refractivity contribution in [3.8, 4) is 0 Å². The lowest BCUT2D eigenvalue weighted by Crippen LogP contribution is -2.38. The maximum absolute atomic E-state index is 2.66. The highest BCUT2D eigenvalue weighted by Crippen LogP contribution is 2.22. The lowest BCUT2D eigenvalue weighted by atomic mass is 10.0. The quantitative estimate of drug-likeness (QED) is 0.656. The number of hydrogen-bond acceptors (Lipinski definition) is 2. The molecule has 0 aromatic rings. The molecule has 1 aliphatic rings. The van der Waals surface area contributed by atoms with E-state index in [1.807, 2.05) is 0 Å². The van der Waals surface area contributed by atoms with Gasteiger partial charge in [-0.15, -0.1) is 0 Å². The van der Waals surface area contributed by atoms with Crippen LogP contribution < -0.4 is 0 Å². The zero-order chi connectivity index (χ0) is 9.84. The second-order valence-electron chi connectivity index (χ2n) is 4.79. The van der Waals surface area contributed by atoms with Crippen LogP contribution in [0.25, 0.3) is 0 Å². The Hall–Kier alpha value is -0.0800. The summed E-state index contributed by atoms with van der Waals surface area (Å²) in [5, 5.41) is 0. The summed E-state index contributed by atoms with van der Waals surface area (Å²) < 4.78 is 0. The second-order valence-corrected chi connectivity index (χ2v) is 4.79. The van der Waals surface area contributed by atoms with E-state index in [2.05, 4.69) is 37.7 Å². The van der Waals surface area contributed by atoms with Crippen LogP contribution in [0.3, 0.4) is 0 Å². The third-order valence-corrected chi connectivity index (χ3v) is 3.02. The van der Waals surface area contributed by atoms with Crippen LogP contribution >= 0.6 is 0 Å². The first kappa shape index (κ1) is 11.0. The summed E-state index contributed by atoms with van der Waals surface area (Å²) in [5.74, 6) is 0.824. The lowest BCUT2D eigenvalue weighted by Gasteiger charge is -2.28. The average molecular weight is 184 g/mol. The molecular formula is C11H24N2. The zero-order valence-corrected chi connectivity index (χ0v) is 9.58. The minimum Gasteiger partial charge on any atom is -0.308 e. The number of likely N-dealkylation sites (N-methyl/N-ethyl adjacent to an activating group) is 1. The first-order valence-electron chi connectivity index (χ1n) is 5.50. The Kier molecular flexibility index (Phi) is 4.20. The molecule has 2 nitrogen and oxygen atoms in total. The van der Waals surface area contributed by atoms with Gasteiger partial charge in [-0.25, -0.2) is 0 Å². The van der Waals surface area contributed by atoms with Gasteiger partial charge in [-0.3, -0.25) is 4.90 Å². The van der Waals surface area contributed by atoms with Crippen molar-refractivity contribution >= 4 is 0 Å². The maximum Gasteiger partial charge on any atom is 0.0119 e. The van der Waals surface area contributed by atoms with Crippen LogP contribution in [0.2, 0.25) is 0 Å². The molecule has 0 aromatic carbocycles. The highest BCUT2D eigenvalue weighted by Gasteiger charge is 2.26. The van der Waals surface area contributed by atoms with Crippen LogP contribution in [0.4, 0.5) is 0 Å². The fourth-order valence-electron chi connectivity index (χ4n) is 2.21. The average Bonchev–Trinajstić information content (AvgIpc) is 2.47. The van der Waals surface area contributed by atoms with E-state index < -0.39 is 0 Å². The van der Waals surface area contributed by atoms with Crippen molar-refractivity contribution in [3.05, 3.63) is 0 Å². The van der Waals surface area contributed by atoms with Crippen molar-refractivity contribution in [3.63, 3.8) is 0 Å². The van der Waals surface area contributed by atoms with E-state index in [9.17, 15) is 0 Å². The fourth-order valence-corrected chi connectivity index (χ4v) is 2.21. The first-order valence-corrected chi connectivity index (χ1v) is 5.50. The van der Waals surface area contributed by atoms with E-state index in [-0.39, 0.29) is 0 Å². The predicted molar refractivity (Wildman–Crippen MR) is 58.0 cm³/mol. The van der Waals surface area contributed by atoms with Crippen molar-refractivity contribution in [1.82, 2.24) is 9.80 Å². The van der Waals surface area contributed by atoms with E-state index in [0.29, 0.717) is 0 Å². The summed E-state index contributed by atoms with van der Waals surface area (Å²) in [6.45, 7) is 8.45. The summed E-state index contributed by atoms with van der Waals surface area (Å²) in [5.41, 5.74) is 0.